The van der Waals surface area contributed by atoms with Gasteiger partial charge < -0.3 is 10.6 Å². The van der Waals surface area contributed by atoms with Gasteiger partial charge in [-0.3, -0.25) is 4.79 Å². The van der Waals surface area contributed by atoms with Gasteiger partial charge in [-0.1, -0.05) is 19.1 Å². The van der Waals surface area contributed by atoms with Crippen LogP contribution in [0.5, 0.6) is 0 Å². The molecule has 1 heterocycles. The van der Waals surface area contributed by atoms with Crippen LogP contribution in [0.3, 0.4) is 0 Å². The molecule has 2 N–H and O–H groups in total. The van der Waals surface area contributed by atoms with Crippen molar-refractivity contribution in [3.05, 3.63) is 29.8 Å². The van der Waals surface area contributed by atoms with Crippen LogP contribution in [0.2, 0.25) is 0 Å². The molecular weight excluding hydrogens is 188 g/mol. The van der Waals surface area contributed by atoms with Gasteiger partial charge in [0.2, 0.25) is 5.91 Å². The van der Waals surface area contributed by atoms with Crippen molar-refractivity contribution in [3.63, 3.8) is 0 Å². The second-order valence-electron chi connectivity index (χ2n) is 3.99. The molecule has 0 radical (unpaired) electrons. The van der Waals surface area contributed by atoms with Crippen LogP contribution in [-0.4, -0.2) is 18.0 Å². The summed E-state index contributed by atoms with van der Waals surface area (Å²) in [4.78, 5) is 13.3. The first-order valence-corrected chi connectivity index (χ1v) is 5.32. The number of amides is 1. The Morgan fingerprint density at radius 3 is 2.40 bits per heavy atom. The average molecular weight is 204 g/mol. The topological polar surface area (TPSA) is 46.3 Å². The lowest BCUT2D eigenvalue weighted by Gasteiger charge is -2.43. The first-order valence-electron chi connectivity index (χ1n) is 5.32. The first kappa shape index (κ1) is 10.2. The van der Waals surface area contributed by atoms with Crippen LogP contribution in [0.25, 0.3) is 0 Å². The molecule has 1 aliphatic rings. The fraction of sp³-hybridized carbons (Fsp3) is 0.417. The summed E-state index contributed by atoms with van der Waals surface area (Å²) < 4.78 is 0. The Bertz CT molecular complexity index is 372. The second kappa shape index (κ2) is 3.66. The SMILES string of the molecule is CCc1ccc(N2C(=O)[C@@H](N)[C@H]2C)cc1. The van der Waals surface area contributed by atoms with Gasteiger partial charge in [0.05, 0.1) is 6.04 Å². The third-order valence-corrected chi connectivity index (χ3v) is 3.07. The molecule has 1 aliphatic heterocycles. The minimum absolute atomic E-state index is 0.0201. The summed E-state index contributed by atoms with van der Waals surface area (Å²) in [5.74, 6) is 0.0201. The molecular formula is C12H16N2O. The maximum absolute atomic E-state index is 11.5. The molecule has 0 spiro atoms. The van der Waals surface area contributed by atoms with Crippen molar-refractivity contribution < 1.29 is 4.79 Å². The second-order valence-corrected chi connectivity index (χ2v) is 3.99. The standard InChI is InChI=1S/C12H16N2O/c1-3-9-4-6-10(7-5-9)14-8(2)11(13)12(14)15/h4-8,11H,3,13H2,1-2H3/t8-,11+/m1/s1. The Morgan fingerprint density at radius 1 is 1.33 bits per heavy atom. The van der Waals surface area contributed by atoms with E-state index in [4.69, 9.17) is 5.73 Å². The van der Waals surface area contributed by atoms with Crippen molar-refractivity contribution in [2.75, 3.05) is 4.90 Å². The number of aryl methyl sites for hydroxylation is 1. The van der Waals surface area contributed by atoms with Gasteiger partial charge in [-0.25, -0.2) is 0 Å². The Labute approximate surface area is 89.9 Å². The van der Waals surface area contributed by atoms with E-state index in [0.717, 1.165) is 12.1 Å². The molecule has 1 amide bonds. The zero-order valence-electron chi connectivity index (χ0n) is 9.10. The highest BCUT2D eigenvalue weighted by Crippen LogP contribution is 2.26. The normalized spacial score (nSPS) is 25.3. The molecule has 3 heteroatoms. The minimum atomic E-state index is -0.323. The summed E-state index contributed by atoms with van der Waals surface area (Å²) in [6.07, 6.45) is 1.02. The van der Waals surface area contributed by atoms with Crippen LogP contribution in [-0.2, 0) is 11.2 Å². The van der Waals surface area contributed by atoms with E-state index in [1.807, 2.05) is 19.1 Å². The third kappa shape index (κ3) is 1.53. The monoisotopic (exact) mass is 204 g/mol. The zero-order valence-corrected chi connectivity index (χ0v) is 9.10. The van der Waals surface area contributed by atoms with Crippen LogP contribution in [0.15, 0.2) is 24.3 Å². The Morgan fingerprint density at radius 2 is 1.93 bits per heavy atom. The largest absolute Gasteiger partial charge is 0.318 e. The van der Waals surface area contributed by atoms with Crippen molar-refractivity contribution in [1.82, 2.24) is 0 Å². The molecule has 1 aromatic carbocycles. The van der Waals surface area contributed by atoms with E-state index in [-0.39, 0.29) is 18.0 Å². The number of β-lactam (4-membered cyclic amide) rings is 1. The van der Waals surface area contributed by atoms with Crippen molar-refractivity contribution in [3.8, 4) is 0 Å². The summed E-state index contributed by atoms with van der Waals surface area (Å²) in [6.45, 7) is 4.09. The molecule has 2 rings (SSSR count). The highest BCUT2D eigenvalue weighted by Gasteiger charge is 2.42. The van der Waals surface area contributed by atoms with Crippen LogP contribution in [0, 0.1) is 0 Å². The number of hydrogen-bond acceptors (Lipinski definition) is 2. The number of benzene rings is 1. The molecule has 1 saturated heterocycles. The van der Waals surface area contributed by atoms with Gasteiger partial charge in [0.15, 0.2) is 0 Å². The van der Waals surface area contributed by atoms with E-state index in [1.165, 1.54) is 5.56 Å². The van der Waals surface area contributed by atoms with Crippen LogP contribution in [0.4, 0.5) is 5.69 Å². The number of carbonyl (C=O) groups is 1. The van der Waals surface area contributed by atoms with Gasteiger partial charge in [-0.05, 0) is 31.0 Å². The van der Waals surface area contributed by atoms with E-state index in [0.29, 0.717) is 0 Å². The van der Waals surface area contributed by atoms with Crippen LogP contribution in [0.1, 0.15) is 19.4 Å². The predicted octanol–water partition coefficient (Wildman–Crippen LogP) is 1.31. The maximum Gasteiger partial charge on any atom is 0.246 e. The van der Waals surface area contributed by atoms with Crippen LogP contribution >= 0.6 is 0 Å². The highest BCUT2D eigenvalue weighted by atomic mass is 16.2. The molecule has 0 aliphatic carbocycles. The fourth-order valence-electron chi connectivity index (χ4n) is 1.90. The van der Waals surface area contributed by atoms with Gasteiger partial charge >= 0.3 is 0 Å². The van der Waals surface area contributed by atoms with Gasteiger partial charge in [0.1, 0.15) is 6.04 Å². The minimum Gasteiger partial charge on any atom is -0.318 e. The van der Waals surface area contributed by atoms with Gasteiger partial charge in [0.25, 0.3) is 0 Å². The van der Waals surface area contributed by atoms with Crippen molar-refractivity contribution in [1.29, 1.82) is 0 Å². The zero-order chi connectivity index (χ0) is 11.0. The number of nitrogens with two attached hydrogens (primary N) is 1. The number of hydrogen-bond donors (Lipinski definition) is 1. The molecule has 1 aromatic rings. The predicted molar refractivity (Wildman–Crippen MR) is 60.7 cm³/mol. The summed E-state index contributed by atoms with van der Waals surface area (Å²) in [7, 11) is 0. The summed E-state index contributed by atoms with van der Waals surface area (Å²) >= 11 is 0. The lowest BCUT2D eigenvalue weighted by molar-refractivity contribution is -0.125. The molecule has 0 saturated carbocycles. The van der Waals surface area contributed by atoms with E-state index in [2.05, 4.69) is 19.1 Å². The summed E-state index contributed by atoms with van der Waals surface area (Å²) in [6, 6.07) is 7.87. The van der Waals surface area contributed by atoms with Crippen molar-refractivity contribution >= 4 is 11.6 Å². The number of carbonyl (C=O) groups excluding carboxylic acids is 1. The lowest BCUT2D eigenvalue weighted by atomic mass is 9.96. The quantitative estimate of drug-likeness (QED) is 0.738. The fourth-order valence-corrected chi connectivity index (χ4v) is 1.90. The number of rotatable bonds is 2. The molecule has 0 aromatic heterocycles. The van der Waals surface area contributed by atoms with E-state index < -0.39 is 0 Å². The first-order chi connectivity index (χ1) is 7.15. The summed E-state index contributed by atoms with van der Waals surface area (Å²) in [5, 5.41) is 0. The molecule has 0 unspecified atom stereocenters. The lowest BCUT2D eigenvalue weighted by Crippen LogP contribution is -2.67. The average Bonchev–Trinajstić information content (AvgIpc) is 2.30. The molecule has 15 heavy (non-hydrogen) atoms. The Kier molecular flexibility index (Phi) is 2.49. The van der Waals surface area contributed by atoms with Gasteiger partial charge in [0, 0.05) is 5.69 Å². The third-order valence-electron chi connectivity index (χ3n) is 3.07. The van der Waals surface area contributed by atoms with Gasteiger partial charge in [-0.2, -0.15) is 0 Å². The highest BCUT2D eigenvalue weighted by molar-refractivity contribution is 6.05. The molecule has 80 valence electrons. The summed E-state index contributed by atoms with van der Waals surface area (Å²) in [5.41, 5.74) is 7.89. The van der Waals surface area contributed by atoms with Crippen molar-refractivity contribution in [2.45, 2.75) is 32.4 Å². The molecule has 3 nitrogen and oxygen atoms in total. The smallest absolute Gasteiger partial charge is 0.246 e. The van der Waals surface area contributed by atoms with E-state index in [1.54, 1.807) is 4.90 Å². The number of nitrogens with zero attached hydrogens (tertiary/aromatic N) is 1. The van der Waals surface area contributed by atoms with E-state index >= 15 is 0 Å². The van der Waals surface area contributed by atoms with Gasteiger partial charge in [-0.15, -0.1) is 0 Å². The van der Waals surface area contributed by atoms with Crippen molar-refractivity contribution in [2.24, 2.45) is 5.73 Å². The van der Waals surface area contributed by atoms with E-state index in [9.17, 15) is 4.79 Å². The number of anilines is 1. The Balaban J connectivity index is 2.20. The molecule has 1 fully saturated rings. The Hall–Kier alpha value is -1.35. The van der Waals surface area contributed by atoms with Crippen LogP contribution < -0.4 is 10.6 Å². The molecule has 0 bridgehead atoms. The maximum atomic E-state index is 11.5. The molecule has 2 atom stereocenters.